The molecule has 0 saturated carbocycles. The molecule has 1 amide bonds. The number of nitrogens with zero attached hydrogens (tertiary/aromatic N) is 1. The van der Waals surface area contributed by atoms with E-state index in [1.807, 2.05) is 12.1 Å². The fraction of sp³-hybridized carbons (Fsp3) is 0.167. The molecule has 1 heterocycles. The fourth-order valence-electron chi connectivity index (χ4n) is 0.599. The van der Waals surface area contributed by atoms with Crippen LogP contribution >= 0.6 is 12.4 Å². The molecular formula is C6H10ClN3O. The van der Waals surface area contributed by atoms with Crippen molar-refractivity contribution in [2.45, 2.75) is 0 Å². The Labute approximate surface area is 70.8 Å². The SMILES string of the molecule is Cl.NCC(=O)Nn1cccc1. The predicted octanol–water partition coefficient (Wildman–Crippen LogP) is -0.0613. The van der Waals surface area contributed by atoms with Gasteiger partial charge in [0.15, 0.2) is 0 Å². The Hall–Kier alpha value is -1.00. The number of amides is 1. The quantitative estimate of drug-likeness (QED) is 0.662. The number of carbonyl (C=O) groups excluding carboxylic acids is 1. The van der Waals surface area contributed by atoms with Crippen molar-refractivity contribution in [2.75, 3.05) is 12.0 Å². The van der Waals surface area contributed by atoms with Gasteiger partial charge in [-0.3, -0.25) is 14.9 Å². The lowest BCUT2D eigenvalue weighted by Gasteiger charge is -2.01. The summed E-state index contributed by atoms with van der Waals surface area (Å²) in [5.74, 6) is -0.198. The monoisotopic (exact) mass is 175 g/mol. The van der Waals surface area contributed by atoms with Gasteiger partial charge in [0, 0.05) is 12.4 Å². The summed E-state index contributed by atoms with van der Waals surface area (Å²) >= 11 is 0. The number of hydrogen-bond acceptors (Lipinski definition) is 2. The van der Waals surface area contributed by atoms with Crippen LogP contribution in [0, 0.1) is 0 Å². The van der Waals surface area contributed by atoms with Crippen LogP contribution in [-0.4, -0.2) is 17.1 Å². The molecule has 0 radical (unpaired) electrons. The Balaban J connectivity index is 0.000001000. The summed E-state index contributed by atoms with van der Waals surface area (Å²) in [5.41, 5.74) is 7.59. The first-order valence-corrected chi connectivity index (χ1v) is 2.96. The Bertz CT molecular complexity index is 210. The Kier molecular flexibility index (Phi) is 4.33. The molecule has 0 aliphatic rings. The Morgan fingerprint density at radius 3 is 2.45 bits per heavy atom. The summed E-state index contributed by atoms with van der Waals surface area (Å²) in [5, 5.41) is 0. The first-order chi connectivity index (χ1) is 4.83. The molecule has 1 aromatic rings. The van der Waals surface area contributed by atoms with Crippen LogP contribution < -0.4 is 11.2 Å². The number of nitrogens with one attached hydrogen (secondary N) is 1. The Morgan fingerprint density at radius 2 is 2.00 bits per heavy atom. The van der Waals surface area contributed by atoms with E-state index in [4.69, 9.17) is 5.73 Å². The van der Waals surface area contributed by atoms with Crippen molar-refractivity contribution >= 4 is 18.3 Å². The van der Waals surface area contributed by atoms with Gasteiger partial charge in [-0.25, -0.2) is 0 Å². The van der Waals surface area contributed by atoms with Crippen molar-refractivity contribution < 1.29 is 4.79 Å². The van der Waals surface area contributed by atoms with Crippen molar-refractivity contribution in [2.24, 2.45) is 5.73 Å². The zero-order valence-corrected chi connectivity index (χ0v) is 6.67. The molecule has 62 valence electrons. The summed E-state index contributed by atoms with van der Waals surface area (Å²) in [6.07, 6.45) is 3.46. The smallest absolute Gasteiger partial charge is 0.252 e. The second kappa shape index (κ2) is 4.76. The maximum absolute atomic E-state index is 10.6. The zero-order valence-electron chi connectivity index (χ0n) is 5.86. The number of aromatic nitrogens is 1. The first-order valence-electron chi connectivity index (χ1n) is 2.96. The van der Waals surface area contributed by atoms with Crippen LogP contribution in [0.25, 0.3) is 0 Å². The van der Waals surface area contributed by atoms with Gasteiger partial charge < -0.3 is 5.73 Å². The second-order valence-corrected chi connectivity index (χ2v) is 1.83. The maximum Gasteiger partial charge on any atom is 0.252 e. The number of halogens is 1. The van der Waals surface area contributed by atoms with Gasteiger partial charge in [0.05, 0.1) is 6.54 Å². The van der Waals surface area contributed by atoms with E-state index in [1.165, 1.54) is 0 Å². The lowest BCUT2D eigenvalue weighted by atomic mass is 10.6. The van der Waals surface area contributed by atoms with Gasteiger partial charge in [-0.15, -0.1) is 12.4 Å². The molecule has 3 N–H and O–H groups in total. The second-order valence-electron chi connectivity index (χ2n) is 1.83. The van der Waals surface area contributed by atoms with Crippen LogP contribution in [-0.2, 0) is 4.79 Å². The van der Waals surface area contributed by atoms with Gasteiger partial charge in [0.25, 0.3) is 5.91 Å². The molecule has 0 fully saturated rings. The van der Waals surface area contributed by atoms with Crippen LogP contribution in [0.5, 0.6) is 0 Å². The topological polar surface area (TPSA) is 60.1 Å². The number of rotatable bonds is 2. The average Bonchev–Trinajstić information content (AvgIpc) is 2.40. The van der Waals surface area contributed by atoms with E-state index in [-0.39, 0.29) is 24.9 Å². The van der Waals surface area contributed by atoms with E-state index in [2.05, 4.69) is 5.43 Å². The van der Waals surface area contributed by atoms with Crippen LogP contribution in [0.15, 0.2) is 24.5 Å². The number of nitrogens with two attached hydrogens (primary N) is 1. The molecule has 4 nitrogen and oxygen atoms in total. The molecule has 0 spiro atoms. The molecule has 0 aliphatic carbocycles. The van der Waals surface area contributed by atoms with Crippen LogP contribution in [0.1, 0.15) is 0 Å². The van der Waals surface area contributed by atoms with Crippen molar-refractivity contribution in [1.82, 2.24) is 4.68 Å². The minimum Gasteiger partial charge on any atom is -0.322 e. The number of hydrogen-bond donors (Lipinski definition) is 2. The van der Waals surface area contributed by atoms with Crippen molar-refractivity contribution in [1.29, 1.82) is 0 Å². The molecule has 1 rings (SSSR count). The summed E-state index contributed by atoms with van der Waals surface area (Å²) < 4.78 is 1.55. The molecule has 5 heteroatoms. The van der Waals surface area contributed by atoms with Gasteiger partial charge in [-0.1, -0.05) is 0 Å². The minimum atomic E-state index is -0.198. The fourth-order valence-corrected chi connectivity index (χ4v) is 0.599. The average molecular weight is 176 g/mol. The molecule has 0 unspecified atom stereocenters. The van der Waals surface area contributed by atoms with E-state index in [0.29, 0.717) is 0 Å². The maximum atomic E-state index is 10.6. The summed E-state index contributed by atoms with van der Waals surface area (Å²) in [4.78, 5) is 10.6. The third-order valence-electron chi connectivity index (χ3n) is 1.04. The zero-order chi connectivity index (χ0) is 7.40. The highest BCUT2D eigenvalue weighted by Crippen LogP contribution is 1.83. The van der Waals surface area contributed by atoms with E-state index >= 15 is 0 Å². The standard InChI is InChI=1S/C6H9N3O.ClH/c7-5-6(10)8-9-3-1-2-4-9;/h1-4H,5,7H2,(H,8,10);1H. The lowest BCUT2D eigenvalue weighted by Crippen LogP contribution is -2.28. The lowest BCUT2D eigenvalue weighted by molar-refractivity contribution is -0.115. The molecule has 0 atom stereocenters. The molecule has 1 aromatic heterocycles. The van der Waals surface area contributed by atoms with Crippen molar-refractivity contribution in [3.8, 4) is 0 Å². The first kappa shape index (κ1) is 10.0. The van der Waals surface area contributed by atoms with Crippen molar-refractivity contribution in [3.05, 3.63) is 24.5 Å². The highest BCUT2D eigenvalue weighted by Gasteiger charge is 1.93. The van der Waals surface area contributed by atoms with Crippen molar-refractivity contribution in [3.63, 3.8) is 0 Å². The van der Waals surface area contributed by atoms with Gasteiger partial charge in [-0.05, 0) is 12.1 Å². The summed E-state index contributed by atoms with van der Waals surface area (Å²) in [6, 6.07) is 3.63. The van der Waals surface area contributed by atoms with Gasteiger partial charge in [-0.2, -0.15) is 0 Å². The molecule has 0 aliphatic heterocycles. The summed E-state index contributed by atoms with van der Waals surface area (Å²) in [7, 11) is 0. The predicted molar refractivity (Wildman–Crippen MR) is 45.1 cm³/mol. The molecule has 11 heavy (non-hydrogen) atoms. The highest BCUT2D eigenvalue weighted by molar-refractivity contribution is 5.85. The normalized spacial score (nSPS) is 8.45. The van der Waals surface area contributed by atoms with E-state index in [1.54, 1.807) is 17.1 Å². The van der Waals surface area contributed by atoms with Gasteiger partial charge in [0.2, 0.25) is 0 Å². The van der Waals surface area contributed by atoms with E-state index < -0.39 is 0 Å². The molecule has 0 bridgehead atoms. The highest BCUT2D eigenvalue weighted by atomic mass is 35.5. The van der Waals surface area contributed by atoms with E-state index in [0.717, 1.165) is 0 Å². The minimum absolute atomic E-state index is 0. The number of carbonyl (C=O) groups is 1. The van der Waals surface area contributed by atoms with Crippen LogP contribution in [0.4, 0.5) is 0 Å². The van der Waals surface area contributed by atoms with Crippen LogP contribution in [0.3, 0.4) is 0 Å². The largest absolute Gasteiger partial charge is 0.322 e. The van der Waals surface area contributed by atoms with Gasteiger partial charge in [0.1, 0.15) is 0 Å². The molecule has 0 saturated heterocycles. The third-order valence-corrected chi connectivity index (χ3v) is 1.04. The summed E-state index contributed by atoms with van der Waals surface area (Å²) in [6.45, 7) is 0.0121. The Morgan fingerprint density at radius 1 is 1.45 bits per heavy atom. The van der Waals surface area contributed by atoms with Crippen LogP contribution in [0.2, 0.25) is 0 Å². The van der Waals surface area contributed by atoms with E-state index in [9.17, 15) is 4.79 Å². The molecular weight excluding hydrogens is 166 g/mol. The molecule has 0 aromatic carbocycles. The third kappa shape index (κ3) is 3.06. The van der Waals surface area contributed by atoms with Gasteiger partial charge >= 0.3 is 0 Å².